The summed E-state index contributed by atoms with van der Waals surface area (Å²) in [6.45, 7) is 0. The number of ether oxygens (including phenoxy) is 1. The van der Waals surface area contributed by atoms with Crippen LogP contribution in [0.25, 0.3) is 0 Å². The molecule has 1 atom stereocenters. The smallest absolute Gasteiger partial charge is 0.305 e. The van der Waals surface area contributed by atoms with Crippen LogP contribution in [0.2, 0.25) is 0 Å². The van der Waals surface area contributed by atoms with Gasteiger partial charge in [0.1, 0.15) is 5.78 Å². The molecule has 4 nitrogen and oxygen atoms in total. The standard InChI is InChI=1S/C13H17NO3.ClH/c1-17-13(16)8-7-12(15)11(14)9-10-5-3-2-4-6-10;/h2-6,11H,7-9,14H2,1H3;1H/t11-;/m0./s1. The number of Topliss-reactive ketones (excluding diaryl/α,β-unsaturated/α-hetero) is 1. The summed E-state index contributed by atoms with van der Waals surface area (Å²) < 4.78 is 4.47. The van der Waals surface area contributed by atoms with Crippen LogP contribution in [0.5, 0.6) is 0 Å². The number of carbonyl (C=O) groups is 2. The highest BCUT2D eigenvalue weighted by atomic mass is 35.5. The fourth-order valence-corrected chi connectivity index (χ4v) is 1.49. The molecule has 0 saturated carbocycles. The number of nitrogens with two attached hydrogens (primary N) is 1. The highest BCUT2D eigenvalue weighted by molar-refractivity contribution is 5.87. The maximum Gasteiger partial charge on any atom is 0.305 e. The highest BCUT2D eigenvalue weighted by Crippen LogP contribution is 2.05. The van der Waals surface area contributed by atoms with E-state index >= 15 is 0 Å². The average molecular weight is 272 g/mol. The van der Waals surface area contributed by atoms with Gasteiger partial charge in [0.15, 0.2) is 0 Å². The van der Waals surface area contributed by atoms with Crippen LogP contribution in [0.15, 0.2) is 30.3 Å². The molecule has 2 N–H and O–H groups in total. The minimum absolute atomic E-state index is 0. The normalized spacial score (nSPS) is 11.2. The lowest BCUT2D eigenvalue weighted by atomic mass is 10.0. The van der Waals surface area contributed by atoms with Gasteiger partial charge < -0.3 is 10.5 Å². The van der Waals surface area contributed by atoms with E-state index in [0.717, 1.165) is 5.56 Å². The molecule has 0 saturated heterocycles. The first-order valence-corrected chi connectivity index (χ1v) is 5.52. The number of benzene rings is 1. The molecule has 0 fully saturated rings. The zero-order valence-corrected chi connectivity index (χ0v) is 11.1. The molecule has 0 heterocycles. The second kappa shape index (κ2) is 8.66. The molecule has 0 radical (unpaired) electrons. The number of carbonyl (C=O) groups excluding carboxylic acids is 2. The van der Waals surface area contributed by atoms with Crippen LogP contribution in [0.1, 0.15) is 18.4 Å². The van der Waals surface area contributed by atoms with E-state index in [1.807, 2.05) is 30.3 Å². The van der Waals surface area contributed by atoms with Gasteiger partial charge in [-0.15, -0.1) is 12.4 Å². The lowest BCUT2D eigenvalue weighted by molar-refractivity contribution is -0.142. The van der Waals surface area contributed by atoms with Gasteiger partial charge >= 0.3 is 5.97 Å². The molecule has 0 unspecified atom stereocenters. The van der Waals surface area contributed by atoms with Crippen LogP contribution in [-0.4, -0.2) is 24.9 Å². The van der Waals surface area contributed by atoms with Crippen molar-refractivity contribution >= 4 is 24.2 Å². The Morgan fingerprint density at radius 2 is 1.83 bits per heavy atom. The summed E-state index contributed by atoms with van der Waals surface area (Å²) in [7, 11) is 1.30. The molecular formula is C13H18ClNO3. The lowest BCUT2D eigenvalue weighted by Gasteiger charge is -2.10. The molecule has 100 valence electrons. The van der Waals surface area contributed by atoms with Gasteiger partial charge in [0.2, 0.25) is 0 Å². The van der Waals surface area contributed by atoms with Crippen LogP contribution in [0.3, 0.4) is 0 Å². The van der Waals surface area contributed by atoms with Crippen molar-refractivity contribution in [3.05, 3.63) is 35.9 Å². The van der Waals surface area contributed by atoms with Crippen molar-refractivity contribution in [1.29, 1.82) is 0 Å². The number of hydrogen-bond donors (Lipinski definition) is 1. The molecule has 5 heteroatoms. The van der Waals surface area contributed by atoms with Crippen LogP contribution in [0, 0.1) is 0 Å². The Labute approximate surface area is 113 Å². The van der Waals surface area contributed by atoms with Gasteiger partial charge in [-0.2, -0.15) is 0 Å². The van der Waals surface area contributed by atoms with Gasteiger partial charge in [-0.05, 0) is 12.0 Å². The molecule has 1 rings (SSSR count). The molecule has 0 aliphatic carbocycles. The van der Waals surface area contributed by atoms with Gasteiger partial charge in [0.05, 0.1) is 19.6 Å². The fraction of sp³-hybridized carbons (Fsp3) is 0.385. The summed E-state index contributed by atoms with van der Waals surface area (Å²) in [6.07, 6.45) is 0.735. The molecule has 0 amide bonds. The largest absolute Gasteiger partial charge is 0.469 e. The number of halogens is 1. The second-order valence-electron chi connectivity index (χ2n) is 3.84. The van der Waals surface area contributed by atoms with E-state index in [0.29, 0.717) is 6.42 Å². The maximum absolute atomic E-state index is 11.6. The van der Waals surface area contributed by atoms with Crippen molar-refractivity contribution in [1.82, 2.24) is 0 Å². The molecule has 1 aromatic carbocycles. The zero-order chi connectivity index (χ0) is 12.7. The summed E-state index contributed by atoms with van der Waals surface area (Å²) in [4.78, 5) is 22.5. The van der Waals surface area contributed by atoms with Gasteiger partial charge in [-0.25, -0.2) is 0 Å². The van der Waals surface area contributed by atoms with E-state index in [9.17, 15) is 9.59 Å². The predicted molar refractivity (Wildman–Crippen MR) is 71.6 cm³/mol. The van der Waals surface area contributed by atoms with E-state index in [-0.39, 0.29) is 37.0 Å². The Morgan fingerprint density at radius 1 is 1.22 bits per heavy atom. The Kier molecular flexibility index (Phi) is 8.00. The van der Waals surface area contributed by atoms with Crippen LogP contribution < -0.4 is 5.73 Å². The summed E-state index contributed by atoms with van der Waals surface area (Å²) in [5.41, 5.74) is 6.80. The average Bonchev–Trinajstić information content (AvgIpc) is 2.36. The number of hydrogen-bond acceptors (Lipinski definition) is 4. The van der Waals surface area contributed by atoms with Crippen LogP contribution in [0.4, 0.5) is 0 Å². The number of ketones is 1. The predicted octanol–water partition coefficient (Wildman–Crippen LogP) is 1.50. The second-order valence-corrected chi connectivity index (χ2v) is 3.84. The van der Waals surface area contributed by atoms with Crippen LogP contribution in [-0.2, 0) is 20.7 Å². The van der Waals surface area contributed by atoms with E-state index in [4.69, 9.17) is 5.73 Å². The summed E-state index contributed by atoms with van der Waals surface area (Å²) in [5, 5.41) is 0. The van der Waals surface area contributed by atoms with Crippen LogP contribution >= 0.6 is 12.4 Å². The van der Waals surface area contributed by atoms with Gasteiger partial charge in [0, 0.05) is 6.42 Å². The van der Waals surface area contributed by atoms with Crippen molar-refractivity contribution in [2.24, 2.45) is 5.73 Å². The number of esters is 1. The Bertz CT molecular complexity index is 381. The summed E-state index contributed by atoms with van der Waals surface area (Å²) in [5.74, 6) is -0.496. The lowest BCUT2D eigenvalue weighted by Crippen LogP contribution is -2.33. The van der Waals surface area contributed by atoms with Crippen molar-refractivity contribution in [2.45, 2.75) is 25.3 Å². The van der Waals surface area contributed by atoms with Gasteiger partial charge in [-0.1, -0.05) is 30.3 Å². The molecule has 0 aromatic heterocycles. The highest BCUT2D eigenvalue weighted by Gasteiger charge is 2.15. The summed E-state index contributed by atoms with van der Waals surface area (Å²) >= 11 is 0. The minimum Gasteiger partial charge on any atom is -0.469 e. The summed E-state index contributed by atoms with van der Waals surface area (Å²) in [6, 6.07) is 9.01. The third-order valence-electron chi connectivity index (χ3n) is 2.52. The monoisotopic (exact) mass is 271 g/mol. The first kappa shape index (κ1) is 16.6. The minimum atomic E-state index is -0.554. The van der Waals surface area contributed by atoms with E-state index in [2.05, 4.69) is 4.74 Å². The van der Waals surface area contributed by atoms with E-state index in [1.165, 1.54) is 7.11 Å². The topological polar surface area (TPSA) is 69.4 Å². The Balaban J connectivity index is 0.00000289. The van der Waals surface area contributed by atoms with E-state index in [1.54, 1.807) is 0 Å². The Hall–Kier alpha value is -1.39. The first-order valence-electron chi connectivity index (χ1n) is 5.52. The molecule has 0 spiro atoms. The van der Waals surface area contributed by atoms with Gasteiger partial charge in [-0.3, -0.25) is 9.59 Å². The van der Waals surface area contributed by atoms with Gasteiger partial charge in [0.25, 0.3) is 0 Å². The number of rotatable bonds is 6. The zero-order valence-electron chi connectivity index (χ0n) is 10.3. The molecule has 1 aromatic rings. The SMILES string of the molecule is COC(=O)CCC(=O)[C@@H](N)Cc1ccccc1.Cl. The molecule has 0 aliphatic rings. The Morgan fingerprint density at radius 3 is 2.39 bits per heavy atom. The van der Waals surface area contributed by atoms with Crippen molar-refractivity contribution in [3.8, 4) is 0 Å². The third kappa shape index (κ3) is 5.80. The molecule has 0 bridgehead atoms. The maximum atomic E-state index is 11.6. The molecule has 18 heavy (non-hydrogen) atoms. The van der Waals surface area contributed by atoms with Crippen molar-refractivity contribution in [3.63, 3.8) is 0 Å². The van der Waals surface area contributed by atoms with E-state index < -0.39 is 6.04 Å². The quantitative estimate of drug-likeness (QED) is 0.796. The van der Waals surface area contributed by atoms with Crippen molar-refractivity contribution < 1.29 is 14.3 Å². The molecule has 0 aliphatic heterocycles. The number of methoxy groups -OCH3 is 1. The third-order valence-corrected chi connectivity index (χ3v) is 2.52. The molecular weight excluding hydrogens is 254 g/mol. The fourth-order valence-electron chi connectivity index (χ4n) is 1.49. The first-order chi connectivity index (χ1) is 8.13. The van der Waals surface area contributed by atoms with Crippen molar-refractivity contribution in [2.75, 3.05) is 7.11 Å².